The summed E-state index contributed by atoms with van der Waals surface area (Å²) in [6, 6.07) is 0. The summed E-state index contributed by atoms with van der Waals surface area (Å²) < 4.78 is 4.58. The van der Waals surface area contributed by atoms with Gasteiger partial charge in [0.05, 0.1) is 7.11 Å². The first-order valence-corrected chi connectivity index (χ1v) is 4.81. The Morgan fingerprint density at radius 3 is 2.42 bits per heavy atom. The Morgan fingerprint density at radius 2 is 2.00 bits per heavy atom. The predicted molar refractivity (Wildman–Crippen MR) is 49.9 cm³/mol. The van der Waals surface area contributed by atoms with Crippen LogP contribution in [0.5, 0.6) is 0 Å². The Kier molecular flexibility index (Phi) is 6.82. The van der Waals surface area contributed by atoms with Crippen LogP contribution in [0.15, 0.2) is 0 Å². The van der Waals surface area contributed by atoms with Crippen molar-refractivity contribution in [3.63, 3.8) is 0 Å². The number of carbonyl (C=O) groups is 1. The van der Waals surface area contributed by atoms with Crippen LogP contribution in [-0.2, 0) is 9.53 Å². The van der Waals surface area contributed by atoms with E-state index in [9.17, 15) is 4.79 Å². The molecule has 2 heteroatoms. The maximum Gasteiger partial charge on any atom is 0.305 e. The fourth-order valence-electron chi connectivity index (χ4n) is 1.38. The fraction of sp³-hybridized carbons (Fsp3) is 0.900. The van der Waals surface area contributed by atoms with Crippen molar-refractivity contribution in [1.82, 2.24) is 0 Å². The van der Waals surface area contributed by atoms with Gasteiger partial charge in [-0.1, -0.05) is 33.1 Å². The molecule has 0 N–H and O–H groups in total. The average Bonchev–Trinajstić information content (AvgIpc) is 2.11. The van der Waals surface area contributed by atoms with Gasteiger partial charge in [-0.05, 0) is 12.3 Å². The molecule has 72 valence electrons. The minimum absolute atomic E-state index is 0.0791. The molecule has 0 aromatic carbocycles. The second-order valence-electron chi connectivity index (χ2n) is 3.18. The third-order valence-corrected chi connectivity index (χ3v) is 2.26. The minimum atomic E-state index is -0.0791. The molecule has 12 heavy (non-hydrogen) atoms. The van der Waals surface area contributed by atoms with Gasteiger partial charge in [0.15, 0.2) is 0 Å². The van der Waals surface area contributed by atoms with E-state index in [-0.39, 0.29) is 5.97 Å². The molecule has 1 unspecified atom stereocenters. The van der Waals surface area contributed by atoms with Crippen LogP contribution >= 0.6 is 0 Å². The van der Waals surface area contributed by atoms with Gasteiger partial charge < -0.3 is 4.74 Å². The van der Waals surface area contributed by atoms with Crippen LogP contribution in [0.1, 0.15) is 46.0 Å². The van der Waals surface area contributed by atoms with Gasteiger partial charge in [0.2, 0.25) is 0 Å². The van der Waals surface area contributed by atoms with Crippen molar-refractivity contribution in [3.05, 3.63) is 0 Å². The molecule has 0 saturated carbocycles. The lowest BCUT2D eigenvalue weighted by Crippen LogP contribution is -2.05. The van der Waals surface area contributed by atoms with Gasteiger partial charge in [-0.25, -0.2) is 0 Å². The lowest BCUT2D eigenvalue weighted by Gasteiger charge is -2.11. The van der Waals surface area contributed by atoms with Gasteiger partial charge in [0.1, 0.15) is 0 Å². The van der Waals surface area contributed by atoms with E-state index in [0.29, 0.717) is 12.3 Å². The molecule has 0 amide bonds. The van der Waals surface area contributed by atoms with Crippen molar-refractivity contribution in [2.75, 3.05) is 7.11 Å². The van der Waals surface area contributed by atoms with Gasteiger partial charge in [0, 0.05) is 6.42 Å². The van der Waals surface area contributed by atoms with Crippen molar-refractivity contribution in [3.8, 4) is 0 Å². The van der Waals surface area contributed by atoms with Gasteiger partial charge >= 0.3 is 5.97 Å². The summed E-state index contributed by atoms with van der Waals surface area (Å²) in [5.74, 6) is 0.624. The number of carbonyl (C=O) groups excluding carboxylic acids is 1. The summed E-state index contributed by atoms with van der Waals surface area (Å²) >= 11 is 0. The lowest BCUT2D eigenvalue weighted by molar-refractivity contribution is -0.140. The van der Waals surface area contributed by atoms with Crippen LogP contribution in [0.2, 0.25) is 0 Å². The molecule has 0 radical (unpaired) electrons. The SMILES string of the molecule is CCCC(CC)CCC(=O)OC. The topological polar surface area (TPSA) is 26.3 Å². The van der Waals surface area contributed by atoms with E-state index in [1.165, 1.54) is 26.4 Å². The molecule has 0 aliphatic heterocycles. The molecule has 0 spiro atoms. The summed E-state index contributed by atoms with van der Waals surface area (Å²) in [6.45, 7) is 4.36. The zero-order valence-electron chi connectivity index (χ0n) is 8.43. The van der Waals surface area contributed by atoms with Gasteiger partial charge in [-0.15, -0.1) is 0 Å². The molecular weight excluding hydrogens is 152 g/mol. The zero-order chi connectivity index (χ0) is 9.40. The maximum absolute atomic E-state index is 10.8. The van der Waals surface area contributed by atoms with E-state index in [4.69, 9.17) is 0 Å². The number of ether oxygens (including phenoxy) is 1. The van der Waals surface area contributed by atoms with E-state index in [1.54, 1.807) is 0 Å². The Bertz CT molecular complexity index is 121. The van der Waals surface area contributed by atoms with Crippen LogP contribution in [0.4, 0.5) is 0 Å². The Balaban J connectivity index is 3.50. The molecule has 0 saturated heterocycles. The number of hydrogen-bond acceptors (Lipinski definition) is 2. The summed E-state index contributed by atoms with van der Waals surface area (Å²) in [5.41, 5.74) is 0. The molecule has 0 fully saturated rings. The van der Waals surface area contributed by atoms with Crippen molar-refractivity contribution in [1.29, 1.82) is 0 Å². The normalized spacial score (nSPS) is 12.6. The third kappa shape index (κ3) is 5.16. The minimum Gasteiger partial charge on any atom is -0.469 e. The summed E-state index contributed by atoms with van der Waals surface area (Å²) in [6.07, 6.45) is 5.17. The summed E-state index contributed by atoms with van der Waals surface area (Å²) in [7, 11) is 1.45. The van der Waals surface area contributed by atoms with Crippen LogP contribution in [0.3, 0.4) is 0 Å². The van der Waals surface area contributed by atoms with E-state index < -0.39 is 0 Å². The first kappa shape index (κ1) is 11.5. The van der Waals surface area contributed by atoms with Crippen LogP contribution in [0, 0.1) is 5.92 Å². The highest BCUT2D eigenvalue weighted by Gasteiger charge is 2.08. The van der Waals surface area contributed by atoms with Gasteiger partial charge in [-0.3, -0.25) is 4.79 Å². The first-order valence-electron chi connectivity index (χ1n) is 4.81. The third-order valence-electron chi connectivity index (χ3n) is 2.26. The van der Waals surface area contributed by atoms with Gasteiger partial charge in [0.25, 0.3) is 0 Å². The standard InChI is InChI=1S/C10H20O2/c1-4-6-9(5-2)7-8-10(11)12-3/h9H,4-8H2,1-3H3. The van der Waals surface area contributed by atoms with E-state index in [0.717, 1.165) is 6.42 Å². The highest BCUT2D eigenvalue weighted by atomic mass is 16.5. The Labute approximate surface area is 75.3 Å². The number of hydrogen-bond donors (Lipinski definition) is 0. The van der Waals surface area contributed by atoms with Crippen molar-refractivity contribution >= 4 is 5.97 Å². The van der Waals surface area contributed by atoms with E-state index >= 15 is 0 Å². The first-order chi connectivity index (χ1) is 5.74. The largest absolute Gasteiger partial charge is 0.469 e. The number of methoxy groups -OCH3 is 1. The molecule has 1 atom stereocenters. The zero-order valence-corrected chi connectivity index (χ0v) is 8.43. The van der Waals surface area contributed by atoms with Crippen LogP contribution in [-0.4, -0.2) is 13.1 Å². The summed E-state index contributed by atoms with van der Waals surface area (Å²) in [5, 5.41) is 0. The van der Waals surface area contributed by atoms with Crippen molar-refractivity contribution in [2.45, 2.75) is 46.0 Å². The lowest BCUT2D eigenvalue weighted by atomic mass is 9.95. The molecule has 0 bridgehead atoms. The molecular formula is C10H20O2. The number of esters is 1. The predicted octanol–water partition coefficient (Wildman–Crippen LogP) is 2.77. The molecule has 2 nitrogen and oxygen atoms in total. The average molecular weight is 172 g/mol. The van der Waals surface area contributed by atoms with E-state index in [2.05, 4.69) is 18.6 Å². The second-order valence-corrected chi connectivity index (χ2v) is 3.18. The molecule has 0 aromatic heterocycles. The van der Waals surface area contributed by atoms with Crippen LogP contribution in [0.25, 0.3) is 0 Å². The molecule has 0 aliphatic carbocycles. The molecule has 0 rings (SSSR count). The van der Waals surface area contributed by atoms with Crippen LogP contribution < -0.4 is 0 Å². The van der Waals surface area contributed by atoms with Crippen molar-refractivity contribution < 1.29 is 9.53 Å². The highest BCUT2D eigenvalue weighted by Crippen LogP contribution is 2.16. The second kappa shape index (κ2) is 7.14. The molecule has 0 aliphatic rings. The quantitative estimate of drug-likeness (QED) is 0.576. The van der Waals surface area contributed by atoms with Crippen molar-refractivity contribution in [2.24, 2.45) is 5.92 Å². The monoisotopic (exact) mass is 172 g/mol. The smallest absolute Gasteiger partial charge is 0.305 e. The Hall–Kier alpha value is -0.530. The summed E-state index contributed by atoms with van der Waals surface area (Å²) in [4.78, 5) is 10.8. The molecule has 0 heterocycles. The number of rotatable bonds is 6. The highest BCUT2D eigenvalue weighted by molar-refractivity contribution is 5.69. The fourth-order valence-corrected chi connectivity index (χ4v) is 1.38. The maximum atomic E-state index is 10.8. The Morgan fingerprint density at radius 1 is 1.33 bits per heavy atom. The van der Waals surface area contributed by atoms with Gasteiger partial charge in [-0.2, -0.15) is 0 Å². The molecule has 0 aromatic rings. The van der Waals surface area contributed by atoms with E-state index in [1.807, 2.05) is 0 Å².